The van der Waals surface area contributed by atoms with Gasteiger partial charge >= 0.3 is 6.09 Å². The second kappa shape index (κ2) is 14.6. The summed E-state index contributed by atoms with van der Waals surface area (Å²) >= 11 is 0. The molecule has 0 spiro atoms. The molecule has 0 aromatic heterocycles. The van der Waals surface area contributed by atoms with Gasteiger partial charge in [0.1, 0.15) is 23.4 Å². The molecule has 0 bridgehead atoms. The zero-order valence-corrected chi connectivity index (χ0v) is 22.0. The lowest BCUT2D eigenvalue weighted by molar-refractivity contribution is -0.143. The van der Waals surface area contributed by atoms with Crippen molar-refractivity contribution >= 4 is 17.9 Å². The quantitative estimate of drug-likeness (QED) is 0.311. The van der Waals surface area contributed by atoms with Crippen LogP contribution in [-0.4, -0.2) is 63.9 Å². The molecule has 1 rings (SSSR count). The van der Waals surface area contributed by atoms with E-state index in [-0.39, 0.29) is 23.9 Å². The van der Waals surface area contributed by atoms with Crippen molar-refractivity contribution in [1.29, 1.82) is 0 Å². The predicted octanol–water partition coefficient (Wildman–Crippen LogP) is 3.64. The highest BCUT2D eigenvalue weighted by Crippen LogP contribution is 2.30. The largest absolute Gasteiger partial charge is 0.508 e. The number of hydrogen-bond acceptors (Lipinski definition) is 6. The van der Waals surface area contributed by atoms with Crippen LogP contribution in [0.3, 0.4) is 0 Å². The van der Waals surface area contributed by atoms with Crippen molar-refractivity contribution < 1.29 is 29.3 Å². The molecule has 0 fully saturated rings. The Labute approximate surface area is 209 Å². The third kappa shape index (κ3) is 10.1. The summed E-state index contributed by atoms with van der Waals surface area (Å²) in [4.78, 5) is 40.8. The molecule has 0 saturated carbocycles. The Balaban J connectivity index is 3.40. The lowest BCUT2D eigenvalue weighted by Crippen LogP contribution is -2.55. The lowest BCUT2D eigenvalue weighted by atomic mass is 10.0. The van der Waals surface area contributed by atoms with Gasteiger partial charge in [0, 0.05) is 18.2 Å². The van der Waals surface area contributed by atoms with Gasteiger partial charge in [0.25, 0.3) is 0 Å². The number of hydrogen-bond donors (Lipinski definition) is 4. The summed E-state index contributed by atoms with van der Waals surface area (Å²) in [5, 5.41) is 25.9. The number of phenolic OH excluding ortho intramolecular Hbond substituents is 1. The highest BCUT2D eigenvalue weighted by atomic mass is 16.6. The summed E-state index contributed by atoms with van der Waals surface area (Å²) in [6.45, 7) is 10.5. The first-order valence-electron chi connectivity index (χ1n) is 12.4. The minimum Gasteiger partial charge on any atom is -0.508 e. The van der Waals surface area contributed by atoms with Crippen LogP contribution in [0.1, 0.15) is 85.3 Å². The SMILES string of the molecule is CCCCCN(C(=O)C(CO)NC(=O)OC(C)(C)C)C(C(=O)NC(C)CCC)c1ccccc1O. The zero-order chi connectivity index (χ0) is 26.6. The van der Waals surface area contributed by atoms with Gasteiger partial charge in [-0.25, -0.2) is 4.79 Å². The van der Waals surface area contributed by atoms with E-state index in [9.17, 15) is 24.6 Å². The van der Waals surface area contributed by atoms with Crippen LogP contribution >= 0.6 is 0 Å². The van der Waals surface area contributed by atoms with Gasteiger partial charge in [0.15, 0.2) is 0 Å². The van der Waals surface area contributed by atoms with Crippen LogP contribution < -0.4 is 10.6 Å². The maximum Gasteiger partial charge on any atom is 0.408 e. The molecule has 0 saturated heterocycles. The Morgan fingerprint density at radius 3 is 2.26 bits per heavy atom. The summed E-state index contributed by atoms with van der Waals surface area (Å²) in [5.74, 6) is -1.20. The second-order valence-corrected chi connectivity index (χ2v) is 9.78. The molecule has 1 aromatic rings. The molecule has 0 aliphatic rings. The van der Waals surface area contributed by atoms with Crippen molar-refractivity contribution in [3.05, 3.63) is 29.8 Å². The maximum absolute atomic E-state index is 13.6. The van der Waals surface area contributed by atoms with E-state index in [1.807, 2.05) is 20.8 Å². The van der Waals surface area contributed by atoms with Crippen LogP contribution in [0, 0.1) is 0 Å². The van der Waals surface area contributed by atoms with E-state index in [0.29, 0.717) is 6.42 Å². The number of carbonyl (C=O) groups is 3. The molecule has 198 valence electrons. The fourth-order valence-corrected chi connectivity index (χ4v) is 3.73. The summed E-state index contributed by atoms with van der Waals surface area (Å²) in [7, 11) is 0. The average molecular weight is 494 g/mol. The number of unbranched alkanes of at least 4 members (excludes halogenated alkanes) is 2. The Bertz CT molecular complexity index is 824. The molecule has 3 atom stereocenters. The van der Waals surface area contributed by atoms with Crippen molar-refractivity contribution in [3.63, 3.8) is 0 Å². The number of benzene rings is 1. The molecule has 3 unspecified atom stereocenters. The summed E-state index contributed by atoms with van der Waals surface area (Å²) in [5.41, 5.74) is -0.519. The van der Waals surface area contributed by atoms with E-state index in [1.165, 1.54) is 11.0 Å². The number of carbonyl (C=O) groups excluding carboxylic acids is 3. The zero-order valence-electron chi connectivity index (χ0n) is 22.0. The van der Waals surface area contributed by atoms with Crippen LogP contribution in [0.5, 0.6) is 5.75 Å². The van der Waals surface area contributed by atoms with E-state index in [1.54, 1.807) is 39.0 Å². The highest BCUT2D eigenvalue weighted by molar-refractivity contribution is 5.92. The molecule has 0 radical (unpaired) electrons. The fourth-order valence-electron chi connectivity index (χ4n) is 3.73. The molecule has 9 heteroatoms. The van der Waals surface area contributed by atoms with Crippen LogP contribution in [0.2, 0.25) is 0 Å². The number of amides is 3. The number of rotatable bonds is 13. The minimum absolute atomic E-state index is 0.121. The first kappa shape index (κ1) is 30.2. The van der Waals surface area contributed by atoms with Crippen LogP contribution in [-0.2, 0) is 14.3 Å². The first-order valence-corrected chi connectivity index (χ1v) is 12.4. The number of ether oxygens (including phenoxy) is 1. The number of phenols is 1. The van der Waals surface area contributed by atoms with Crippen molar-refractivity contribution in [2.24, 2.45) is 0 Å². The van der Waals surface area contributed by atoms with E-state index < -0.39 is 42.2 Å². The monoisotopic (exact) mass is 493 g/mol. The van der Waals surface area contributed by atoms with Gasteiger partial charge < -0.3 is 30.5 Å². The van der Waals surface area contributed by atoms with Gasteiger partial charge in [-0.1, -0.05) is 51.3 Å². The standard InChI is InChI=1S/C26H43N3O6/c1-7-9-12-16-29(24(33)20(17-30)28-25(34)35-26(4,5)6)22(19-14-10-11-15-21(19)31)23(32)27-18(3)13-8-2/h10-11,14-15,18,20,22,30-31H,7-9,12-13,16-17H2,1-6H3,(H,27,32)(H,28,34). The van der Waals surface area contributed by atoms with Crippen molar-refractivity contribution in [1.82, 2.24) is 15.5 Å². The topological polar surface area (TPSA) is 128 Å². The molecular formula is C26H43N3O6. The maximum atomic E-state index is 13.6. The lowest BCUT2D eigenvalue weighted by Gasteiger charge is -2.35. The van der Waals surface area contributed by atoms with E-state index in [0.717, 1.165) is 25.7 Å². The normalized spacial score (nSPS) is 13.9. The molecule has 35 heavy (non-hydrogen) atoms. The summed E-state index contributed by atoms with van der Waals surface area (Å²) in [6.07, 6.45) is 3.08. The molecule has 1 aromatic carbocycles. The average Bonchev–Trinajstić information content (AvgIpc) is 2.76. The molecule has 4 N–H and O–H groups in total. The predicted molar refractivity (Wildman–Crippen MR) is 135 cm³/mol. The number of para-hydroxylation sites is 1. The van der Waals surface area contributed by atoms with E-state index >= 15 is 0 Å². The smallest absolute Gasteiger partial charge is 0.408 e. The molecule has 9 nitrogen and oxygen atoms in total. The van der Waals surface area contributed by atoms with Gasteiger partial charge in [-0.2, -0.15) is 0 Å². The van der Waals surface area contributed by atoms with Gasteiger partial charge in [0.2, 0.25) is 11.8 Å². The third-order valence-corrected chi connectivity index (χ3v) is 5.36. The Morgan fingerprint density at radius 1 is 1.06 bits per heavy atom. The van der Waals surface area contributed by atoms with E-state index in [4.69, 9.17) is 4.74 Å². The molecular weight excluding hydrogens is 450 g/mol. The van der Waals surface area contributed by atoms with Crippen molar-refractivity contribution in [2.75, 3.05) is 13.2 Å². The Hall–Kier alpha value is -2.81. The van der Waals surface area contributed by atoms with Gasteiger partial charge in [-0.05, 0) is 46.6 Å². The molecule has 0 aliphatic heterocycles. The third-order valence-electron chi connectivity index (χ3n) is 5.36. The Kier molecular flexibility index (Phi) is 12.6. The second-order valence-electron chi connectivity index (χ2n) is 9.78. The molecule has 3 amide bonds. The highest BCUT2D eigenvalue weighted by Gasteiger charge is 2.37. The van der Waals surface area contributed by atoms with E-state index in [2.05, 4.69) is 10.6 Å². The molecule has 0 heterocycles. The van der Waals surface area contributed by atoms with Crippen LogP contribution in [0.25, 0.3) is 0 Å². The first-order chi connectivity index (χ1) is 16.4. The van der Waals surface area contributed by atoms with Crippen molar-refractivity contribution in [2.45, 2.75) is 97.4 Å². The number of aliphatic hydroxyl groups excluding tert-OH is 1. The summed E-state index contributed by atoms with van der Waals surface area (Å²) in [6, 6.07) is 3.78. The number of aliphatic hydroxyl groups is 1. The van der Waals surface area contributed by atoms with Crippen LogP contribution in [0.4, 0.5) is 4.79 Å². The summed E-state index contributed by atoms with van der Waals surface area (Å²) < 4.78 is 5.24. The fraction of sp³-hybridized carbons (Fsp3) is 0.654. The number of aromatic hydroxyl groups is 1. The Morgan fingerprint density at radius 2 is 1.71 bits per heavy atom. The minimum atomic E-state index is -1.32. The number of nitrogens with one attached hydrogen (secondary N) is 2. The molecule has 0 aliphatic carbocycles. The van der Waals surface area contributed by atoms with Gasteiger partial charge in [0.05, 0.1) is 6.61 Å². The van der Waals surface area contributed by atoms with Crippen LogP contribution in [0.15, 0.2) is 24.3 Å². The number of alkyl carbamates (subject to hydrolysis) is 1. The van der Waals surface area contributed by atoms with Crippen molar-refractivity contribution in [3.8, 4) is 5.75 Å². The number of nitrogens with zero attached hydrogens (tertiary/aromatic N) is 1. The van der Waals surface area contributed by atoms with Gasteiger partial charge in [-0.15, -0.1) is 0 Å². The van der Waals surface area contributed by atoms with Gasteiger partial charge in [-0.3, -0.25) is 9.59 Å².